The maximum absolute atomic E-state index is 13.1. The lowest BCUT2D eigenvalue weighted by molar-refractivity contribution is -0.122. The molecule has 4 nitrogen and oxygen atoms in total. The Morgan fingerprint density at radius 3 is 2.42 bits per heavy atom. The van der Waals surface area contributed by atoms with Crippen molar-refractivity contribution in [2.75, 3.05) is 32.1 Å². The van der Waals surface area contributed by atoms with Crippen LogP contribution < -0.4 is 5.32 Å². The first-order chi connectivity index (χ1) is 12.7. The van der Waals surface area contributed by atoms with Crippen molar-refractivity contribution in [3.8, 4) is 0 Å². The highest BCUT2D eigenvalue weighted by Crippen LogP contribution is 2.28. The third-order valence-electron chi connectivity index (χ3n) is 4.89. The Hall–Kier alpha value is -2.24. The van der Waals surface area contributed by atoms with Crippen molar-refractivity contribution in [3.63, 3.8) is 0 Å². The van der Waals surface area contributed by atoms with Crippen LogP contribution >= 0.6 is 0 Å². The smallest absolute Gasteiger partial charge is 0.246 e. The van der Waals surface area contributed by atoms with Gasteiger partial charge in [-0.25, -0.2) is 4.39 Å². The van der Waals surface area contributed by atoms with Crippen LogP contribution in [0.2, 0.25) is 0 Å². The summed E-state index contributed by atoms with van der Waals surface area (Å²) in [6.07, 6.45) is 2.03. The van der Waals surface area contributed by atoms with E-state index in [1.165, 1.54) is 12.1 Å². The zero-order valence-electron chi connectivity index (χ0n) is 15.0. The Balaban J connectivity index is 1.75. The molecule has 0 spiro atoms. The molecule has 5 heteroatoms. The summed E-state index contributed by atoms with van der Waals surface area (Å²) in [4.78, 5) is 15.3. The van der Waals surface area contributed by atoms with E-state index in [4.69, 9.17) is 4.74 Å². The molecule has 0 radical (unpaired) electrons. The molecule has 1 N–H and O–H groups in total. The lowest BCUT2D eigenvalue weighted by Gasteiger charge is -2.36. The van der Waals surface area contributed by atoms with Gasteiger partial charge in [-0.1, -0.05) is 30.3 Å². The highest BCUT2D eigenvalue weighted by molar-refractivity contribution is 5.95. The number of nitrogens with zero attached hydrogens (tertiary/aromatic N) is 1. The summed E-state index contributed by atoms with van der Waals surface area (Å²) in [5.74, 6) is 0.142. The van der Waals surface area contributed by atoms with E-state index >= 15 is 0 Å². The van der Waals surface area contributed by atoms with Gasteiger partial charge < -0.3 is 10.1 Å². The molecule has 1 aliphatic rings. The molecule has 1 fully saturated rings. The van der Waals surface area contributed by atoms with Gasteiger partial charge in [0.15, 0.2) is 0 Å². The summed E-state index contributed by atoms with van der Waals surface area (Å²) < 4.78 is 18.4. The molecular weight excluding hydrogens is 331 g/mol. The molecule has 0 saturated carbocycles. The van der Waals surface area contributed by atoms with Crippen molar-refractivity contribution in [1.29, 1.82) is 0 Å². The number of rotatable bonds is 6. The molecule has 1 saturated heterocycles. The molecule has 0 aromatic heterocycles. The van der Waals surface area contributed by atoms with Gasteiger partial charge in [-0.05, 0) is 61.7 Å². The summed E-state index contributed by atoms with van der Waals surface area (Å²) in [6, 6.07) is 15.3. The van der Waals surface area contributed by atoms with Gasteiger partial charge in [0.1, 0.15) is 11.9 Å². The second-order valence-corrected chi connectivity index (χ2v) is 6.74. The van der Waals surface area contributed by atoms with E-state index < -0.39 is 0 Å². The molecule has 1 amide bonds. The number of amides is 1. The number of hydrogen-bond acceptors (Lipinski definition) is 3. The largest absolute Gasteiger partial charge is 0.384 e. The predicted molar refractivity (Wildman–Crippen MR) is 100 cm³/mol. The van der Waals surface area contributed by atoms with Gasteiger partial charge >= 0.3 is 0 Å². The number of benzene rings is 2. The Labute approximate surface area is 154 Å². The number of piperidine rings is 1. The number of methoxy groups -OCH3 is 1. The van der Waals surface area contributed by atoms with Crippen LogP contribution in [0.1, 0.15) is 24.4 Å². The number of hydrogen-bond donors (Lipinski definition) is 1. The average Bonchev–Trinajstić information content (AvgIpc) is 2.66. The minimum atomic E-state index is -0.357. The van der Waals surface area contributed by atoms with Crippen molar-refractivity contribution < 1.29 is 13.9 Å². The molecule has 3 rings (SSSR count). The van der Waals surface area contributed by atoms with Crippen LogP contribution in [0.3, 0.4) is 0 Å². The van der Waals surface area contributed by atoms with E-state index in [-0.39, 0.29) is 17.8 Å². The quantitative estimate of drug-likeness (QED) is 0.854. The van der Waals surface area contributed by atoms with Crippen LogP contribution in [0, 0.1) is 11.7 Å². The van der Waals surface area contributed by atoms with E-state index in [1.54, 1.807) is 19.2 Å². The summed E-state index contributed by atoms with van der Waals surface area (Å²) in [6.45, 7) is 2.47. The molecule has 26 heavy (non-hydrogen) atoms. The van der Waals surface area contributed by atoms with Crippen molar-refractivity contribution in [1.82, 2.24) is 4.90 Å². The normalized spacial score (nSPS) is 17.0. The fourth-order valence-corrected chi connectivity index (χ4v) is 3.52. The number of halogens is 1. The van der Waals surface area contributed by atoms with Crippen LogP contribution in [0.5, 0.6) is 0 Å². The molecule has 1 unspecified atom stereocenters. The molecule has 1 heterocycles. The van der Waals surface area contributed by atoms with E-state index in [1.807, 2.05) is 30.3 Å². The first kappa shape index (κ1) is 18.5. The molecule has 2 aromatic rings. The number of carbonyl (C=O) groups is 1. The van der Waals surface area contributed by atoms with Crippen molar-refractivity contribution in [2.45, 2.75) is 18.9 Å². The van der Waals surface area contributed by atoms with E-state index in [2.05, 4.69) is 10.2 Å². The van der Waals surface area contributed by atoms with Crippen LogP contribution in [-0.4, -0.2) is 37.6 Å². The Morgan fingerprint density at radius 1 is 1.15 bits per heavy atom. The maximum Gasteiger partial charge on any atom is 0.246 e. The lowest BCUT2D eigenvalue weighted by atomic mass is 9.94. The standard InChI is InChI=1S/C21H25FN2O2/c1-26-15-16-11-13-24(14-12-16)20(17-5-3-2-4-6-17)21(25)23-19-9-7-18(22)8-10-19/h2-10,16,20H,11-15H2,1H3,(H,23,25). The van der Waals surface area contributed by atoms with E-state index in [0.29, 0.717) is 11.6 Å². The van der Waals surface area contributed by atoms with Crippen LogP contribution in [-0.2, 0) is 9.53 Å². The van der Waals surface area contributed by atoms with E-state index in [9.17, 15) is 9.18 Å². The number of carbonyl (C=O) groups excluding carboxylic acids is 1. The van der Waals surface area contributed by atoms with Crippen LogP contribution in [0.15, 0.2) is 54.6 Å². The zero-order valence-corrected chi connectivity index (χ0v) is 15.0. The Morgan fingerprint density at radius 2 is 1.81 bits per heavy atom. The highest BCUT2D eigenvalue weighted by Gasteiger charge is 2.31. The highest BCUT2D eigenvalue weighted by atomic mass is 19.1. The molecule has 0 bridgehead atoms. The number of likely N-dealkylation sites (tertiary alicyclic amines) is 1. The van der Waals surface area contributed by atoms with Crippen LogP contribution in [0.4, 0.5) is 10.1 Å². The number of nitrogens with one attached hydrogen (secondary N) is 1. The zero-order chi connectivity index (χ0) is 18.4. The molecule has 138 valence electrons. The molecule has 1 aliphatic heterocycles. The predicted octanol–water partition coefficient (Wildman–Crippen LogP) is 3.86. The van der Waals surface area contributed by atoms with Crippen molar-refractivity contribution in [3.05, 3.63) is 66.0 Å². The minimum Gasteiger partial charge on any atom is -0.384 e. The first-order valence-electron chi connectivity index (χ1n) is 9.01. The van der Waals surface area contributed by atoms with Gasteiger partial charge in [0, 0.05) is 19.4 Å². The maximum atomic E-state index is 13.1. The summed E-state index contributed by atoms with van der Waals surface area (Å²) in [5.41, 5.74) is 1.57. The topological polar surface area (TPSA) is 41.6 Å². The molecule has 1 atom stereocenters. The second-order valence-electron chi connectivity index (χ2n) is 6.74. The third-order valence-corrected chi connectivity index (χ3v) is 4.89. The SMILES string of the molecule is COCC1CCN(C(C(=O)Nc2ccc(F)cc2)c2ccccc2)CC1. The monoisotopic (exact) mass is 356 g/mol. The van der Waals surface area contributed by atoms with Gasteiger partial charge in [-0.15, -0.1) is 0 Å². The van der Waals surface area contributed by atoms with Gasteiger partial charge in [0.05, 0.1) is 0 Å². The van der Waals surface area contributed by atoms with Gasteiger partial charge in [-0.3, -0.25) is 9.69 Å². The van der Waals surface area contributed by atoms with Crippen LogP contribution in [0.25, 0.3) is 0 Å². The molecule has 0 aliphatic carbocycles. The second kappa shape index (κ2) is 8.92. The Bertz CT molecular complexity index is 698. The molecule has 2 aromatic carbocycles. The summed E-state index contributed by atoms with van der Waals surface area (Å²) in [7, 11) is 1.73. The number of ether oxygens (including phenoxy) is 1. The molecular formula is C21H25FN2O2. The van der Waals surface area contributed by atoms with Crippen molar-refractivity contribution >= 4 is 11.6 Å². The summed E-state index contributed by atoms with van der Waals surface area (Å²) in [5, 5.41) is 2.93. The Kier molecular flexibility index (Phi) is 6.36. The van der Waals surface area contributed by atoms with Gasteiger partial charge in [0.25, 0.3) is 0 Å². The minimum absolute atomic E-state index is 0.0898. The number of anilines is 1. The fraction of sp³-hybridized carbons (Fsp3) is 0.381. The van der Waals surface area contributed by atoms with Crippen molar-refractivity contribution in [2.24, 2.45) is 5.92 Å². The fourth-order valence-electron chi connectivity index (χ4n) is 3.52. The van der Waals surface area contributed by atoms with Gasteiger partial charge in [-0.2, -0.15) is 0 Å². The third kappa shape index (κ3) is 4.68. The lowest BCUT2D eigenvalue weighted by Crippen LogP contribution is -2.42. The summed E-state index contributed by atoms with van der Waals surface area (Å²) >= 11 is 0. The average molecular weight is 356 g/mol. The first-order valence-corrected chi connectivity index (χ1v) is 9.01. The van der Waals surface area contributed by atoms with E-state index in [0.717, 1.165) is 38.1 Å². The van der Waals surface area contributed by atoms with Gasteiger partial charge in [0.2, 0.25) is 5.91 Å².